The molecule has 1 aliphatic rings. The summed E-state index contributed by atoms with van der Waals surface area (Å²) in [6.45, 7) is 2.74. The molecule has 2 N–H and O–H groups in total. The van der Waals surface area contributed by atoms with Gasteiger partial charge in [0.25, 0.3) is 0 Å². The molecular formula is C11H20N2O5. The van der Waals surface area contributed by atoms with E-state index in [1.54, 1.807) is 11.9 Å². The molecule has 1 aliphatic heterocycles. The largest absolute Gasteiger partial charge is 0.480 e. The van der Waals surface area contributed by atoms with Crippen molar-refractivity contribution in [2.45, 2.75) is 25.5 Å². The fraction of sp³-hybridized carbons (Fsp3) is 0.818. The Balaban J connectivity index is 2.17. The highest BCUT2D eigenvalue weighted by Crippen LogP contribution is 2.17. The summed E-state index contributed by atoms with van der Waals surface area (Å²) in [5, 5.41) is 11.0. The first-order chi connectivity index (χ1) is 8.52. The smallest absolute Gasteiger partial charge is 0.329 e. The van der Waals surface area contributed by atoms with Crippen molar-refractivity contribution in [1.29, 1.82) is 0 Å². The van der Waals surface area contributed by atoms with Crippen LogP contribution in [0, 0.1) is 0 Å². The van der Waals surface area contributed by atoms with Gasteiger partial charge < -0.3 is 24.8 Å². The molecule has 0 aromatic heterocycles. The Kier molecular flexibility index (Phi) is 5.87. The Morgan fingerprint density at radius 1 is 1.56 bits per heavy atom. The maximum absolute atomic E-state index is 11.8. The maximum atomic E-state index is 11.8. The van der Waals surface area contributed by atoms with Crippen LogP contribution < -0.4 is 5.32 Å². The van der Waals surface area contributed by atoms with Gasteiger partial charge in [-0.2, -0.15) is 0 Å². The first-order valence-corrected chi connectivity index (χ1v) is 5.94. The van der Waals surface area contributed by atoms with Crippen molar-refractivity contribution in [2.24, 2.45) is 0 Å². The SMILES string of the molecule is CC1OCCC1N(C)C(=O)NCCOCC(=O)O. The molecule has 104 valence electrons. The van der Waals surface area contributed by atoms with Crippen molar-refractivity contribution in [3.63, 3.8) is 0 Å². The number of rotatable bonds is 6. The van der Waals surface area contributed by atoms with E-state index in [2.05, 4.69) is 5.32 Å². The molecule has 1 heterocycles. The number of ether oxygens (including phenoxy) is 2. The van der Waals surface area contributed by atoms with E-state index >= 15 is 0 Å². The second-order valence-corrected chi connectivity index (χ2v) is 4.22. The number of urea groups is 1. The quantitative estimate of drug-likeness (QED) is 0.651. The van der Waals surface area contributed by atoms with Crippen LogP contribution in [-0.4, -0.2) is 67.6 Å². The molecule has 2 unspecified atom stereocenters. The zero-order valence-electron chi connectivity index (χ0n) is 10.7. The molecule has 0 aliphatic carbocycles. The number of aliphatic carboxylic acids is 1. The predicted molar refractivity (Wildman–Crippen MR) is 63.4 cm³/mol. The summed E-state index contributed by atoms with van der Waals surface area (Å²) in [6.07, 6.45) is 0.879. The van der Waals surface area contributed by atoms with Crippen LogP contribution in [-0.2, 0) is 14.3 Å². The Bertz CT molecular complexity index is 297. The summed E-state index contributed by atoms with van der Waals surface area (Å²) in [5.41, 5.74) is 0. The van der Waals surface area contributed by atoms with Gasteiger partial charge in [0.1, 0.15) is 6.61 Å². The van der Waals surface area contributed by atoms with Crippen molar-refractivity contribution in [1.82, 2.24) is 10.2 Å². The number of carboxylic acids is 1. The van der Waals surface area contributed by atoms with Crippen LogP contribution >= 0.6 is 0 Å². The number of likely N-dealkylation sites (N-methyl/N-ethyl adjacent to an activating group) is 1. The van der Waals surface area contributed by atoms with Crippen molar-refractivity contribution < 1.29 is 24.2 Å². The highest BCUT2D eigenvalue weighted by molar-refractivity contribution is 5.74. The lowest BCUT2D eigenvalue weighted by atomic mass is 10.1. The Morgan fingerprint density at radius 3 is 2.83 bits per heavy atom. The van der Waals surface area contributed by atoms with Crippen LogP contribution in [0.1, 0.15) is 13.3 Å². The van der Waals surface area contributed by atoms with Crippen LogP contribution in [0.3, 0.4) is 0 Å². The van der Waals surface area contributed by atoms with Crippen molar-refractivity contribution in [3.8, 4) is 0 Å². The van der Waals surface area contributed by atoms with Crippen molar-refractivity contribution in [3.05, 3.63) is 0 Å². The van der Waals surface area contributed by atoms with E-state index < -0.39 is 5.97 Å². The molecule has 0 aromatic carbocycles. The number of nitrogens with one attached hydrogen (secondary N) is 1. The summed E-state index contributed by atoms with van der Waals surface area (Å²) in [4.78, 5) is 23.6. The zero-order valence-corrected chi connectivity index (χ0v) is 10.7. The first-order valence-electron chi connectivity index (χ1n) is 5.94. The molecule has 0 spiro atoms. The molecule has 0 radical (unpaired) electrons. The van der Waals surface area contributed by atoms with E-state index in [9.17, 15) is 9.59 Å². The molecule has 1 rings (SSSR count). The number of carboxylic acid groups (broad SMARTS) is 1. The molecule has 1 fully saturated rings. The van der Waals surface area contributed by atoms with Gasteiger partial charge in [-0.25, -0.2) is 9.59 Å². The van der Waals surface area contributed by atoms with Gasteiger partial charge in [0.05, 0.1) is 18.8 Å². The van der Waals surface area contributed by atoms with Crippen LogP contribution in [0.25, 0.3) is 0 Å². The summed E-state index contributed by atoms with van der Waals surface area (Å²) in [6, 6.07) is -0.110. The number of carbonyl (C=O) groups is 2. The van der Waals surface area contributed by atoms with Gasteiger partial charge in [-0.1, -0.05) is 0 Å². The molecule has 18 heavy (non-hydrogen) atoms. The maximum Gasteiger partial charge on any atom is 0.329 e. The van der Waals surface area contributed by atoms with Gasteiger partial charge in [-0.15, -0.1) is 0 Å². The Labute approximate surface area is 106 Å². The van der Waals surface area contributed by atoms with E-state index in [0.29, 0.717) is 13.2 Å². The molecule has 0 bridgehead atoms. The summed E-state index contributed by atoms with van der Waals surface area (Å²) in [7, 11) is 1.73. The number of nitrogens with zero attached hydrogens (tertiary/aromatic N) is 1. The van der Waals surface area contributed by atoms with E-state index in [-0.39, 0.29) is 31.4 Å². The second kappa shape index (κ2) is 7.17. The monoisotopic (exact) mass is 260 g/mol. The minimum Gasteiger partial charge on any atom is -0.480 e. The van der Waals surface area contributed by atoms with Crippen LogP contribution in [0.4, 0.5) is 4.79 Å². The third-order valence-electron chi connectivity index (χ3n) is 2.90. The van der Waals surface area contributed by atoms with Crippen molar-refractivity contribution in [2.75, 3.05) is 33.4 Å². The molecule has 2 amide bonds. The number of amides is 2. The average molecular weight is 260 g/mol. The summed E-state index contributed by atoms with van der Waals surface area (Å²) >= 11 is 0. The van der Waals surface area contributed by atoms with Gasteiger partial charge in [-0.05, 0) is 13.3 Å². The van der Waals surface area contributed by atoms with Gasteiger partial charge >= 0.3 is 12.0 Å². The second-order valence-electron chi connectivity index (χ2n) is 4.22. The Morgan fingerprint density at radius 2 is 2.28 bits per heavy atom. The fourth-order valence-electron chi connectivity index (χ4n) is 1.89. The minimum atomic E-state index is -1.02. The van der Waals surface area contributed by atoms with Crippen LogP contribution in [0.15, 0.2) is 0 Å². The van der Waals surface area contributed by atoms with E-state index in [0.717, 1.165) is 6.42 Å². The number of hydrogen-bond donors (Lipinski definition) is 2. The molecule has 7 nitrogen and oxygen atoms in total. The van der Waals surface area contributed by atoms with Gasteiger partial charge in [0.2, 0.25) is 0 Å². The third-order valence-corrected chi connectivity index (χ3v) is 2.90. The number of carbonyl (C=O) groups excluding carboxylic acids is 1. The molecule has 0 saturated carbocycles. The van der Waals surface area contributed by atoms with Crippen LogP contribution in [0.5, 0.6) is 0 Å². The molecule has 2 atom stereocenters. The summed E-state index contributed by atoms with van der Waals surface area (Å²) in [5.74, 6) is -1.02. The zero-order chi connectivity index (χ0) is 13.5. The number of hydrogen-bond acceptors (Lipinski definition) is 4. The van der Waals surface area contributed by atoms with E-state index in [4.69, 9.17) is 14.6 Å². The molecule has 0 aromatic rings. The molecular weight excluding hydrogens is 240 g/mol. The third kappa shape index (κ3) is 4.50. The molecule has 1 saturated heterocycles. The molecule has 7 heteroatoms. The Hall–Kier alpha value is -1.34. The normalized spacial score (nSPS) is 22.8. The fourth-order valence-corrected chi connectivity index (χ4v) is 1.89. The lowest BCUT2D eigenvalue weighted by Crippen LogP contribution is -2.47. The summed E-state index contributed by atoms with van der Waals surface area (Å²) < 4.78 is 10.2. The van der Waals surface area contributed by atoms with Crippen molar-refractivity contribution >= 4 is 12.0 Å². The van der Waals surface area contributed by atoms with E-state index in [1.165, 1.54) is 0 Å². The first kappa shape index (κ1) is 14.7. The topological polar surface area (TPSA) is 88.1 Å². The van der Waals surface area contributed by atoms with Gasteiger partial charge in [-0.3, -0.25) is 0 Å². The van der Waals surface area contributed by atoms with E-state index in [1.807, 2.05) is 6.92 Å². The highest BCUT2D eigenvalue weighted by Gasteiger charge is 2.30. The lowest BCUT2D eigenvalue weighted by molar-refractivity contribution is -0.142. The minimum absolute atomic E-state index is 0.0454. The van der Waals surface area contributed by atoms with Gasteiger partial charge in [0.15, 0.2) is 0 Å². The standard InChI is InChI=1S/C11H20N2O5/c1-8-9(3-5-18-8)13(2)11(16)12-4-6-17-7-10(14)15/h8-9H,3-7H2,1-2H3,(H,12,16)(H,14,15). The van der Waals surface area contributed by atoms with Crippen LogP contribution in [0.2, 0.25) is 0 Å². The average Bonchev–Trinajstić information content (AvgIpc) is 2.73. The highest BCUT2D eigenvalue weighted by atomic mass is 16.5. The predicted octanol–water partition coefficient (Wildman–Crippen LogP) is -0.0936. The lowest BCUT2D eigenvalue weighted by Gasteiger charge is -2.26. The van der Waals surface area contributed by atoms with Gasteiger partial charge in [0, 0.05) is 20.2 Å².